The molecule has 0 fully saturated rings. The van der Waals surface area contributed by atoms with Crippen LogP contribution in [0.5, 0.6) is 0 Å². The fourth-order valence-electron chi connectivity index (χ4n) is 0.685. The van der Waals surface area contributed by atoms with Gasteiger partial charge in [0, 0.05) is 20.6 Å². The first-order valence-electron chi connectivity index (χ1n) is 2.76. The van der Waals surface area contributed by atoms with E-state index in [9.17, 15) is 0 Å². The highest BCUT2D eigenvalue weighted by atomic mass is 127. The van der Waals surface area contributed by atoms with Crippen LogP contribution in [-0.4, -0.2) is 38.0 Å². The number of nitrogens with zero attached hydrogens (tertiary/aromatic N) is 2. The molecule has 1 aliphatic heterocycles. The Hall–Kier alpha value is 0. The predicted molar refractivity (Wildman–Crippen MR) is 49.4 cm³/mol. The minimum atomic E-state index is 0. The highest BCUT2D eigenvalue weighted by molar-refractivity contribution is 14.0. The van der Waals surface area contributed by atoms with E-state index in [0.29, 0.717) is 0 Å². The van der Waals surface area contributed by atoms with Crippen molar-refractivity contribution >= 4 is 29.9 Å². The molecule has 0 bridgehead atoms. The number of rotatable bonds is 0. The zero-order valence-corrected chi connectivity index (χ0v) is 8.05. The average molecular weight is 241 g/mol. The highest BCUT2D eigenvalue weighted by Crippen LogP contribution is 1.85. The van der Waals surface area contributed by atoms with Gasteiger partial charge in [0.05, 0.1) is 6.54 Å². The van der Waals surface area contributed by atoms with Crippen LogP contribution < -0.4 is 5.32 Å². The second-order valence-corrected chi connectivity index (χ2v) is 2.03. The standard InChI is InChI=1S/C5H11N3.HI/c1-8(2)5-6-3-4-7-5;/h3-4H2,1-2H3,(H,6,7);1H. The SMILES string of the molecule is CN(C)C1=NCCN1.I. The Bertz CT molecular complexity index is 111. The quantitative estimate of drug-likeness (QED) is 0.610. The third-order valence-corrected chi connectivity index (χ3v) is 1.08. The van der Waals surface area contributed by atoms with Gasteiger partial charge in [0.2, 0.25) is 0 Å². The first kappa shape index (κ1) is 9.00. The molecule has 0 radical (unpaired) electrons. The third kappa shape index (κ3) is 2.38. The number of hydrogen-bond acceptors (Lipinski definition) is 3. The predicted octanol–water partition coefficient (Wildman–Crippen LogP) is 0.125. The molecular formula is C5H12IN3. The van der Waals surface area contributed by atoms with Crippen molar-refractivity contribution in [3.63, 3.8) is 0 Å². The van der Waals surface area contributed by atoms with Crippen LogP contribution in [-0.2, 0) is 0 Å². The average Bonchev–Trinajstić information content (AvgIpc) is 2.12. The van der Waals surface area contributed by atoms with Gasteiger partial charge in [0.1, 0.15) is 0 Å². The summed E-state index contributed by atoms with van der Waals surface area (Å²) in [5, 5.41) is 3.13. The maximum atomic E-state index is 4.17. The van der Waals surface area contributed by atoms with Crippen molar-refractivity contribution in [3.8, 4) is 0 Å². The molecule has 0 aromatic carbocycles. The van der Waals surface area contributed by atoms with Crippen LogP contribution >= 0.6 is 24.0 Å². The Kier molecular flexibility index (Phi) is 3.92. The van der Waals surface area contributed by atoms with Gasteiger partial charge in [-0.3, -0.25) is 4.99 Å². The van der Waals surface area contributed by atoms with Gasteiger partial charge in [0.15, 0.2) is 5.96 Å². The summed E-state index contributed by atoms with van der Waals surface area (Å²) in [6, 6.07) is 0. The maximum Gasteiger partial charge on any atom is 0.193 e. The molecular weight excluding hydrogens is 229 g/mol. The minimum Gasteiger partial charge on any atom is -0.354 e. The maximum absolute atomic E-state index is 4.17. The summed E-state index contributed by atoms with van der Waals surface area (Å²) in [5.41, 5.74) is 0. The van der Waals surface area contributed by atoms with E-state index in [2.05, 4.69) is 10.3 Å². The number of nitrogens with one attached hydrogen (secondary N) is 1. The van der Waals surface area contributed by atoms with E-state index in [4.69, 9.17) is 0 Å². The molecule has 0 spiro atoms. The van der Waals surface area contributed by atoms with Crippen LogP contribution in [0, 0.1) is 0 Å². The molecule has 4 heteroatoms. The van der Waals surface area contributed by atoms with Gasteiger partial charge in [-0.15, -0.1) is 24.0 Å². The van der Waals surface area contributed by atoms with E-state index in [-0.39, 0.29) is 24.0 Å². The number of guanidine groups is 1. The lowest BCUT2D eigenvalue weighted by Crippen LogP contribution is -2.32. The van der Waals surface area contributed by atoms with E-state index in [1.807, 2.05) is 19.0 Å². The monoisotopic (exact) mass is 241 g/mol. The fraction of sp³-hybridized carbons (Fsp3) is 0.800. The van der Waals surface area contributed by atoms with E-state index >= 15 is 0 Å². The number of hydrogen-bond donors (Lipinski definition) is 1. The van der Waals surface area contributed by atoms with Crippen molar-refractivity contribution in [3.05, 3.63) is 0 Å². The molecule has 0 aliphatic carbocycles. The molecule has 54 valence electrons. The lowest BCUT2D eigenvalue weighted by molar-refractivity contribution is 0.601. The van der Waals surface area contributed by atoms with Gasteiger partial charge >= 0.3 is 0 Å². The van der Waals surface area contributed by atoms with Crippen molar-refractivity contribution in [1.29, 1.82) is 0 Å². The van der Waals surface area contributed by atoms with Gasteiger partial charge in [-0.25, -0.2) is 0 Å². The molecule has 3 nitrogen and oxygen atoms in total. The van der Waals surface area contributed by atoms with Crippen LogP contribution in [0.25, 0.3) is 0 Å². The number of halogens is 1. The first-order chi connectivity index (χ1) is 3.80. The normalized spacial score (nSPS) is 15.6. The van der Waals surface area contributed by atoms with Crippen LogP contribution in [0.2, 0.25) is 0 Å². The Morgan fingerprint density at radius 2 is 2.22 bits per heavy atom. The van der Waals surface area contributed by atoms with Gasteiger partial charge in [-0.1, -0.05) is 0 Å². The zero-order valence-electron chi connectivity index (χ0n) is 5.72. The summed E-state index contributed by atoms with van der Waals surface area (Å²) in [7, 11) is 3.97. The van der Waals surface area contributed by atoms with Crippen molar-refractivity contribution in [1.82, 2.24) is 10.2 Å². The fourth-order valence-corrected chi connectivity index (χ4v) is 0.685. The Labute approximate surface area is 72.5 Å². The molecule has 1 aliphatic rings. The third-order valence-electron chi connectivity index (χ3n) is 1.08. The second-order valence-electron chi connectivity index (χ2n) is 2.03. The lowest BCUT2D eigenvalue weighted by Gasteiger charge is -2.10. The van der Waals surface area contributed by atoms with Crippen LogP contribution in [0.15, 0.2) is 4.99 Å². The van der Waals surface area contributed by atoms with E-state index in [0.717, 1.165) is 19.0 Å². The topological polar surface area (TPSA) is 27.6 Å². The molecule has 0 unspecified atom stereocenters. The molecule has 0 amide bonds. The number of aliphatic imine (C=N–C) groups is 1. The molecule has 0 atom stereocenters. The van der Waals surface area contributed by atoms with Gasteiger partial charge in [0.25, 0.3) is 0 Å². The largest absolute Gasteiger partial charge is 0.354 e. The molecule has 1 heterocycles. The summed E-state index contributed by atoms with van der Waals surface area (Å²) in [5.74, 6) is 1.00. The summed E-state index contributed by atoms with van der Waals surface area (Å²) < 4.78 is 0. The van der Waals surface area contributed by atoms with Gasteiger partial charge < -0.3 is 10.2 Å². The summed E-state index contributed by atoms with van der Waals surface area (Å²) in [6.45, 7) is 1.92. The van der Waals surface area contributed by atoms with Crippen LogP contribution in [0.4, 0.5) is 0 Å². The summed E-state index contributed by atoms with van der Waals surface area (Å²) in [4.78, 5) is 6.15. The second kappa shape index (κ2) is 3.92. The van der Waals surface area contributed by atoms with Crippen LogP contribution in [0.3, 0.4) is 0 Å². The molecule has 0 saturated carbocycles. The molecule has 0 saturated heterocycles. The Morgan fingerprint density at radius 3 is 2.44 bits per heavy atom. The van der Waals surface area contributed by atoms with E-state index in [1.165, 1.54) is 0 Å². The van der Waals surface area contributed by atoms with Crippen molar-refractivity contribution < 1.29 is 0 Å². The summed E-state index contributed by atoms with van der Waals surface area (Å²) in [6.07, 6.45) is 0. The molecule has 9 heavy (non-hydrogen) atoms. The van der Waals surface area contributed by atoms with Crippen molar-refractivity contribution in [2.24, 2.45) is 4.99 Å². The first-order valence-corrected chi connectivity index (χ1v) is 2.76. The van der Waals surface area contributed by atoms with E-state index < -0.39 is 0 Å². The van der Waals surface area contributed by atoms with Crippen LogP contribution in [0.1, 0.15) is 0 Å². The van der Waals surface area contributed by atoms with Crippen molar-refractivity contribution in [2.75, 3.05) is 27.2 Å². The molecule has 0 aromatic heterocycles. The van der Waals surface area contributed by atoms with Gasteiger partial charge in [-0.2, -0.15) is 0 Å². The van der Waals surface area contributed by atoms with Gasteiger partial charge in [-0.05, 0) is 0 Å². The minimum absolute atomic E-state index is 0. The zero-order chi connectivity index (χ0) is 5.98. The smallest absolute Gasteiger partial charge is 0.193 e. The summed E-state index contributed by atoms with van der Waals surface area (Å²) >= 11 is 0. The molecule has 1 N–H and O–H groups in total. The Morgan fingerprint density at radius 1 is 1.56 bits per heavy atom. The molecule has 1 rings (SSSR count). The van der Waals surface area contributed by atoms with E-state index in [1.54, 1.807) is 0 Å². The highest BCUT2D eigenvalue weighted by Gasteiger charge is 2.04. The Balaban J connectivity index is 0.000000640. The lowest BCUT2D eigenvalue weighted by atomic mass is 10.7. The van der Waals surface area contributed by atoms with Crippen molar-refractivity contribution in [2.45, 2.75) is 0 Å². The molecule has 0 aromatic rings.